The summed E-state index contributed by atoms with van der Waals surface area (Å²) in [5.74, 6) is 0.314. The lowest BCUT2D eigenvalue weighted by Crippen LogP contribution is -2.22. The molecule has 0 saturated heterocycles. The van der Waals surface area contributed by atoms with Crippen molar-refractivity contribution in [2.24, 2.45) is 0 Å². The van der Waals surface area contributed by atoms with Crippen LogP contribution in [0.1, 0.15) is 16.7 Å². The van der Waals surface area contributed by atoms with Crippen LogP contribution in [0.25, 0.3) is 0 Å². The first-order chi connectivity index (χ1) is 12.5. The van der Waals surface area contributed by atoms with Crippen LogP contribution in [-0.2, 0) is 19.6 Å². The summed E-state index contributed by atoms with van der Waals surface area (Å²) in [5.41, 5.74) is 2.15. The molecule has 0 radical (unpaired) electrons. The van der Waals surface area contributed by atoms with Crippen molar-refractivity contribution in [2.45, 2.75) is 19.6 Å². The number of rotatable bonds is 6. The van der Waals surface area contributed by atoms with E-state index in [2.05, 4.69) is 4.98 Å². The molecule has 26 heavy (non-hydrogen) atoms. The van der Waals surface area contributed by atoms with Crippen LogP contribution in [0.2, 0.25) is 0 Å². The monoisotopic (exact) mass is 352 g/mol. The van der Waals surface area contributed by atoms with Crippen molar-refractivity contribution in [2.75, 3.05) is 0 Å². The summed E-state index contributed by atoms with van der Waals surface area (Å²) in [6.07, 6.45) is 3.40. The van der Waals surface area contributed by atoms with Crippen LogP contribution in [0.15, 0.2) is 60.9 Å². The maximum absolute atomic E-state index is 10.1. The summed E-state index contributed by atoms with van der Waals surface area (Å²) in [6.45, 7) is 1.22. The summed E-state index contributed by atoms with van der Waals surface area (Å²) in [6, 6.07) is 12.5. The molecule has 3 rings (SSSR count). The Morgan fingerprint density at radius 1 is 0.654 bits per heavy atom. The Balaban J connectivity index is 1.88. The van der Waals surface area contributed by atoms with E-state index in [0.29, 0.717) is 30.8 Å². The molecule has 6 heteroatoms. The van der Waals surface area contributed by atoms with Crippen LogP contribution < -0.4 is 0 Å². The van der Waals surface area contributed by atoms with E-state index in [1.54, 1.807) is 12.4 Å². The molecule has 0 spiro atoms. The molecule has 1 heterocycles. The zero-order chi connectivity index (χ0) is 18.5. The summed E-state index contributed by atoms with van der Waals surface area (Å²) in [7, 11) is 0. The van der Waals surface area contributed by atoms with Crippen molar-refractivity contribution in [3.63, 3.8) is 0 Å². The van der Waals surface area contributed by atoms with Gasteiger partial charge in [-0.2, -0.15) is 0 Å². The van der Waals surface area contributed by atoms with Crippen LogP contribution in [0.3, 0.4) is 0 Å². The first kappa shape index (κ1) is 17.6. The van der Waals surface area contributed by atoms with E-state index in [1.807, 2.05) is 17.0 Å². The lowest BCUT2D eigenvalue weighted by molar-refractivity contribution is 0.240. The van der Waals surface area contributed by atoms with Gasteiger partial charge in [0.05, 0.1) is 0 Å². The summed E-state index contributed by atoms with van der Waals surface area (Å²) in [5, 5.41) is 39.6. The van der Waals surface area contributed by atoms with E-state index in [9.17, 15) is 20.4 Å². The fourth-order valence-corrected chi connectivity index (χ4v) is 2.79. The second-order valence-corrected chi connectivity index (χ2v) is 6.13. The number of pyridine rings is 1. The van der Waals surface area contributed by atoms with Gasteiger partial charge < -0.3 is 20.4 Å². The van der Waals surface area contributed by atoms with E-state index in [0.717, 1.165) is 5.56 Å². The summed E-state index contributed by atoms with van der Waals surface area (Å²) >= 11 is 0. The molecule has 1 aromatic heterocycles. The van der Waals surface area contributed by atoms with Gasteiger partial charge in [0.2, 0.25) is 0 Å². The number of nitrogens with zero attached hydrogens (tertiary/aromatic N) is 2. The molecule has 6 nitrogen and oxygen atoms in total. The van der Waals surface area contributed by atoms with Gasteiger partial charge in [-0.3, -0.25) is 9.88 Å². The maximum Gasteiger partial charge on any atom is 0.120 e. The Kier molecular flexibility index (Phi) is 5.24. The van der Waals surface area contributed by atoms with Gasteiger partial charge in [-0.05, 0) is 54.1 Å². The first-order valence-corrected chi connectivity index (χ1v) is 8.14. The molecule has 134 valence electrons. The number of aromatic hydroxyl groups is 4. The van der Waals surface area contributed by atoms with Crippen molar-refractivity contribution in [1.29, 1.82) is 0 Å². The minimum absolute atomic E-state index is 0.0712. The molecular weight excluding hydrogens is 332 g/mol. The zero-order valence-corrected chi connectivity index (χ0v) is 14.1. The molecule has 0 fully saturated rings. The van der Waals surface area contributed by atoms with Crippen LogP contribution in [-0.4, -0.2) is 30.3 Å². The van der Waals surface area contributed by atoms with Crippen LogP contribution in [0.4, 0.5) is 0 Å². The highest BCUT2D eigenvalue weighted by atomic mass is 16.3. The fraction of sp³-hybridized carbons (Fsp3) is 0.150. The molecule has 3 aromatic rings. The third-order valence-electron chi connectivity index (χ3n) is 4.07. The predicted molar refractivity (Wildman–Crippen MR) is 96.7 cm³/mol. The van der Waals surface area contributed by atoms with Crippen LogP contribution in [0, 0.1) is 0 Å². The number of phenols is 4. The molecule has 0 bridgehead atoms. The summed E-state index contributed by atoms with van der Waals surface area (Å²) in [4.78, 5) is 5.99. The highest BCUT2D eigenvalue weighted by Gasteiger charge is 2.14. The van der Waals surface area contributed by atoms with Crippen molar-refractivity contribution in [1.82, 2.24) is 9.88 Å². The molecule has 2 aromatic carbocycles. The van der Waals surface area contributed by atoms with Gasteiger partial charge in [-0.25, -0.2) is 0 Å². The number of hydrogen-bond donors (Lipinski definition) is 4. The second-order valence-electron chi connectivity index (χ2n) is 6.13. The lowest BCUT2D eigenvalue weighted by atomic mass is 10.1. The smallest absolute Gasteiger partial charge is 0.120 e. The highest BCUT2D eigenvalue weighted by Crippen LogP contribution is 2.28. The molecule has 0 atom stereocenters. The van der Waals surface area contributed by atoms with Crippen LogP contribution >= 0.6 is 0 Å². The minimum Gasteiger partial charge on any atom is -0.508 e. The van der Waals surface area contributed by atoms with Crippen molar-refractivity contribution < 1.29 is 20.4 Å². The topological polar surface area (TPSA) is 97.1 Å². The first-order valence-electron chi connectivity index (χ1n) is 8.14. The zero-order valence-electron chi connectivity index (χ0n) is 14.1. The fourth-order valence-electron chi connectivity index (χ4n) is 2.79. The normalized spacial score (nSPS) is 11.0. The van der Waals surface area contributed by atoms with Crippen molar-refractivity contribution >= 4 is 0 Å². The molecule has 4 N–H and O–H groups in total. The Morgan fingerprint density at radius 2 is 1.15 bits per heavy atom. The second kappa shape index (κ2) is 7.76. The van der Waals surface area contributed by atoms with E-state index >= 15 is 0 Å². The maximum atomic E-state index is 10.1. The third-order valence-corrected chi connectivity index (χ3v) is 4.07. The van der Waals surface area contributed by atoms with Gasteiger partial charge in [-0.15, -0.1) is 0 Å². The average molecular weight is 352 g/mol. The average Bonchev–Trinajstić information content (AvgIpc) is 2.62. The highest BCUT2D eigenvalue weighted by molar-refractivity contribution is 5.40. The standard InChI is InChI=1S/C20H20N2O4/c23-17-1-3-19(25)15(9-17)12-22(11-14-5-7-21-8-6-14)13-16-10-18(24)2-4-20(16)26/h1-10,23-26H,11-13H2. The van der Waals surface area contributed by atoms with E-state index in [-0.39, 0.29) is 23.0 Å². The van der Waals surface area contributed by atoms with Gasteiger partial charge in [0, 0.05) is 43.2 Å². The number of phenolic OH excluding ortho intramolecular Hbond substituents is 4. The Morgan fingerprint density at radius 3 is 1.65 bits per heavy atom. The number of hydrogen-bond acceptors (Lipinski definition) is 6. The van der Waals surface area contributed by atoms with Crippen molar-refractivity contribution in [3.8, 4) is 23.0 Å². The lowest BCUT2D eigenvalue weighted by Gasteiger charge is -2.23. The molecule has 0 aliphatic carbocycles. The van der Waals surface area contributed by atoms with E-state index in [4.69, 9.17) is 0 Å². The molecule has 0 unspecified atom stereocenters. The number of benzene rings is 2. The van der Waals surface area contributed by atoms with E-state index < -0.39 is 0 Å². The SMILES string of the molecule is Oc1ccc(O)c(CN(Cc2ccncc2)Cc2cc(O)ccc2O)c1. The Hall–Kier alpha value is -3.25. The van der Waals surface area contributed by atoms with Gasteiger partial charge in [0.25, 0.3) is 0 Å². The van der Waals surface area contributed by atoms with Gasteiger partial charge in [0.1, 0.15) is 23.0 Å². The van der Waals surface area contributed by atoms with Gasteiger partial charge >= 0.3 is 0 Å². The van der Waals surface area contributed by atoms with E-state index in [1.165, 1.54) is 36.4 Å². The molecule has 0 saturated carbocycles. The molecule has 0 aliphatic heterocycles. The summed E-state index contributed by atoms with van der Waals surface area (Å²) < 4.78 is 0. The Labute approximate surface area is 151 Å². The molecule has 0 aliphatic rings. The van der Waals surface area contributed by atoms with Crippen molar-refractivity contribution in [3.05, 3.63) is 77.6 Å². The largest absolute Gasteiger partial charge is 0.508 e. The molecular formula is C20H20N2O4. The predicted octanol–water partition coefficient (Wildman–Crippen LogP) is 3.11. The Bertz CT molecular complexity index is 831. The van der Waals surface area contributed by atoms with Crippen LogP contribution in [0.5, 0.6) is 23.0 Å². The quantitative estimate of drug-likeness (QED) is 0.509. The third kappa shape index (κ3) is 4.43. The van der Waals surface area contributed by atoms with Gasteiger partial charge in [-0.1, -0.05) is 0 Å². The van der Waals surface area contributed by atoms with Gasteiger partial charge in [0.15, 0.2) is 0 Å². The minimum atomic E-state index is 0.0712. The molecule has 0 amide bonds. The number of aromatic nitrogens is 1.